The Morgan fingerprint density at radius 3 is 2.67 bits per heavy atom. The van der Waals surface area contributed by atoms with Crippen LogP contribution in [0.5, 0.6) is 0 Å². The van der Waals surface area contributed by atoms with E-state index in [0.29, 0.717) is 0 Å². The molecule has 0 aromatic rings. The fraction of sp³-hybridized carbons (Fsp3) is 1.00. The largest absolute Gasteiger partial charge is 0.320 e. The van der Waals surface area contributed by atoms with E-state index in [1.165, 1.54) is 38.8 Å². The third-order valence-electron chi connectivity index (χ3n) is 2.76. The number of rotatable bonds is 6. The minimum atomic E-state index is 1.02. The Morgan fingerprint density at radius 1 is 1.42 bits per heavy atom. The highest BCUT2D eigenvalue weighted by Crippen LogP contribution is 2.26. The van der Waals surface area contributed by atoms with E-state index >= 15 is 0 Å². The summed E-state index contributed by atoms with van der Waals surface area (Å²) in [5.74, 6) is 1.02. The predicted molar refractivity (Wildman–Crippen MR) is 53.4 cm³/mol. The molecule has 1 rings (SSSR count). The van der Waals surface area contributed by atoms with Crippen LogP contribution in [-0.4, -0.2) is 38.6 Å². The van der Waals surface area contributed by atoms with Gasteiger partial charge in [-0.2, -0.15) is 0 Å². The van der Waals surface area contributed by atoms with Crippen LogP contribution >= 0.6 is 0 Å². The van der Waals surface area contributed by atoms with Crippen molar-refractivity contribution in [2.45, 2.75) is 25.7 Å². The molecule has 0 heterocycles. The molecule has 0 saturated heterocycles. The lowest BCUT2D eigenvalue weighted by atomic mass is 9.85. The van der Waals surface area contributed by atoms with Crippen LogP contribution in [0.25, 0.3) is 0 Å². The van der Waals surface area contributed by atoms with E-state index in [4.69, 9.17) is 0 Å². The quantitative estimate of drug-likeness (QED) is 0.605. The van der Waals surface area contributed by atoms with Crippen LogP contribution in [0.1, 0.15) is 25.7 Å². The zero-order valence-corrected chi connectivity index (χ0v) is 8.47. The van der Waals surface area contributed by atoms with Crippen LogP contribution in [0, 0.1) is 5.92 Å². The first-order valence-corrected chi connectivity index (χ1v) is 5.16. The molecule has 0 radical (unpaired) electrons. The van der Waals surface area contributed by atoms with Gasteiger partial charge >= 0.3 is 0 Å². The zero-order chi connectivity index (χ0) is 8.81. The SMILES string of the molecule is CNCCCN(C)CC1CCC1. The molecule has 0 aromatic carbocycles. The molecule has 0 aromatic heterocycles. The molecule has 1 aliphatic rings. The van der Waals surface area contributed by atoms with Crippen LogP contribution < -0.4 is 5.32 Å². The van der Waals surface area contributed by atoms with Crippen LogP contribution in [0.4, 0.5) is 0 Å². The Kier molecular flexibility index (Phi) is 4.62. The van der Waals surface area contributed by atoms with Crippen molar-refractivity contribution in [3.8, 4) is 0 Å². The van der Waals surface area contributed by atoms with Gasteiger partial charge in [0.05, 0.1) is 0 Å². The number of nitrogens with one attached hydrogen (secondary N) is 1. The Morgan fingerprint density at radius 2 is 2.17 bits per heavy atom. The van der Waals surface area contributed by atoms with Gasteiger partial charge in [-0.1, -0.05) is 6.42 Å². The standard InChI is InChI=1S/C10H22N2/c1-11-7-4-8-12(2)9-10-5-3-6-10/h10-11H,3-9H2,1-2H3. The lowest BCUT2D eigenvalue weighted by Crippen LogP contribution is -2.31. The lowest BCUT2D eigenvalue weighted by Gasteiger charge is -2.30. The Balaban J connectivity index is 1.91. The molecule has 2 nitrogen and oxygen atoms in total. The highest BCUT2D eigenvalue weighted by atomic mass is 15.1. The Hall–Kier alpha value is -0.0800. The number of hydrogen-bond acceptors (Lipinski definition) is 2. The van der Waals surface area contributed by atoms with Crippen LogP contribution in [0.3, 0.4) is 0 Å². The smallest absolute Gasteiger partial charge is 0.000661 e. The molecule has 2 heteroatoms. The predicted octanol–water partition coefficient (Wildman–Crippen LogP) is 1.33. The number of nitrogens with zero attached hydrogens (tertiary/aromatic N) is 1. The molecule has 0 amide bonds. The molecule has 0 unspecified atom stereocenters. The van der Waals surface area contributed by atoms with Gasteiger partial charge in [0.15, 0.2) is 0 Å². The molecule has 72 valence electrons. The monoisotopic (exact) mass is 170 g/mol. The van der Waals surface area contributed by atoms with E-state index in [1.807, 2.05) is 7.05 Å². The third-order valence-corrected chi connectivity index (χ3v) is 2.76. The van der Waals surface area contributed by atoms with Crippen molar-refractivity contribution in [3.63, 3.8) is 0 Å². The van der Waals surface area contributed by atoms with E-state index in [9.17, 15) is 0 Å². The van der Waals surface area contributed by atoms with Crippen molar-refractivity contribution >= 4 is 0 Å². The van der Waals surface area contributed by atoms with Crippen molar-refractivity contribution in [1.29, 1.82) is 0 Å². The van der Waals surface area contributed by atoms with Gasteiger partial charge in [-0.3, -0.25) is 0 Å². The average molecular weight is 170 g/mol. The highest BCUT2D eigenvalue weighted by Gasteiger charge is 2.18. The van der Waals surface area contributed by atoms with Crippen molar-refractivity contribution in [1.82, 2.24) is 10.2 Å². The molecule has 1 saturated carbocycles. The maximum Gasteiger partial charge on any atom is 0.000661 e. The molecular formula is C10H22N2. The summed E-state index contributed by atoms with van der Waals surface area (Å²) in [6.45, 7) is 3.72. The molecular weight excluding hydrogens is 148 g/mol. The first-order valence-electron chi connectivity index (χ1n) is 5.16. The molecule has 12 heavy (non-hydrogen) atoms. The summed E-state index contributed by atoms with van der Waals surface area (Å²) in [5.41, 5.74) is 0. The minimum Gasteiger partial charge on any atom is -0.320 e. The molecule has 1 fully saturated rings. The van der Waals surface area contributed by atoms with Gasteiger partial charge in [0.1, 0.15) is 0 Å². The summed E-state index contributed by atoms with van der Waals surface area (Å²) in [5, 5.41) is 3.18. The molecule has 0 aliphatic heterocycles. The average Bonchev–Trinajstić information content (AvgIpc) is 1.98. The fourth-order valence-corrected chi connectivity index (χ4v) is 1.73. The zero-order valence-electron chi connectivity index (χ0n) is 8.47. The van der Waals surface area contributed by atoms with Crippen LogP contribution in [0.15, 0.2) is 0 Å². The topological polar surface area (TPSA) is 15.3 Å². The molecule has 0 bridgehead atoms. The van der Waals surface area contributed by atoms with Crippen LogP contribution in [0.2, 0.25) is 0 Å². The van der Waals surface area contributed by atoms with Crippen molar-refractivity contribution < 1.29 is 0 Å². The number of hydrogen-bond donors (Lipinski definition) is 1. The fourth-order valence-electron chi connectivity index (χ4n) is 1.73. The summed E-state index contributed by atoms with van der Waals surface area (Å²) in [6.07, 6.45) is 5.68. The van der Waals surface area contributed by atoms with Gasteiger partial charge in [-0.25, -0.2) is 0 Å². The Bertz CT molecular complexity index is 110. The van der Waals surface area contributed by atoms with Gasteiger partial charge in [-0.05, 0) is 52.4 Å². The second kappa shape index (κ2) is 5.55. The maximum atomic E-state index is 3.18. The third kappa shape index (κ3) is 3.55. The van der Waals surface area contributed by atoms with Crippen molar-refractivity contribution in [2.75, 3.05) is 33.7 Å². The highest BCUT2D eigenvalue weighted by molar-refractivity contribution is 4.72. The summed E-state index contributed by atoms with van der Waals surface area (Å²) in [7, 11) is 4.26. The summed E-state index contributed by atoms with van der Waals surface area (Å²) in [4.78, 5) is 2.47. The van der Waals surface area contributed by atoms with Gasteiger partial charge in [0, 0.05) is 6.54 Å². The van der Waals surface area contributed by atoms with Crippen molar-refractivity contribution in [3.05, 3.63) is 0 Å². The van der Waals surface area contributed by atoms with Crippen molar-refractivity contribution in [2.24, 2.45) is 5.92 Å². The lowest BCUT2D eigenvalue weighted by molar-refractivity contribution is 0.204. The first-order chi connectivity index (χ1) is 5.83. The van der Waals surface area contributed by atoms with Gasteiger partial charge in [0.2, 0.25) is 0 Å². The normalized spacial score (nSPS) is 18.2. The molecule has 1 aliphatic carbocycles. The van der Waals surface area contributed by atoms with Gasteiger partial charge < -0.3 is 10.2 Å². The molecule has 1 N–H and O–H groups in total. The van der Waals surface area contributed by atoms with Gasteiger partial charge in [-0.15, -0.1) is 0 Å². The second-order valence-electron chi connectivity index (χ2n) is 4.02. The van der Waals surface area contributed by atoms with Crippen LogP contribution in [-0.2, 0) is 0 Å². The summed E-state index contributed by atoms with van der Waals surface area (Å²) < 4.78 is 0. The molecule has 0 atom stereocenters. The first kappa shape index (κ1) is 10.0. The van der Waals surface area contributed by atoms with E-state index < -0.39 is 0 Å². The maximum absolute atomic E-state index is 3.18. The Labute approximate surface area is 76.3 Å². The second-order valence-corrected chi connectivity index (χ2v) is 4.02. The minimum absolute atomic E-state index is 1.02. The van der Waals surface area contributed by atoms with E-state index in [2.05, 4.69) is 17.3 Å². The van der Waals surface area contributed by atoms with Gasteiger partial charge in [0.25, 0.3) is 0 Å². The van der Waals surface area contributed by atoms with E-state index in [1.54, 1.807) is 0 Å². The summed E-state index contributed by atoms with van der Waals surface area (Å²) >= 11 is 0. The summed E-state index contributed by atoms with van der Waals surface area (Å²) in [6, 6.07) is 0. The molecule has 0 spiro atoms. The van der Waals surface area contributed by atoms with E-state index in [-0.39, 0.29) is 0 Å². The van der Waals surface area contributed by atoms with E-state index in [0.717, 1.165) is 12.5 Å².